The quantitative estimate of drug-likeness (QED) is 0.751. The van der Waals surface area contributed by atoms with E-state index >= 15 is 0 Å². The number of carbonyl (C=O) groups is 1. The summed E-state index contributed by atoms with van der Waals surface area (Å²) < 4.78 is 0. The highest BCUT2D eigenvalue weighted by Crippen LogP contribution is 2.33. The van der Waals surface area contributed by atoms with Crippen molar-refractivity contribution in [1.29, 1.82) is 0 Å². The average molecular weight is 367 g/mol. The summed E-state index contributed by atoms with van der Waals surface area (Å²) in [5, 5.41) is 6.03. The first-order chi connectivity index (χ1) is 12.7. The van der Waals surface area contributed by atoms with Gasteiger partial charge in [0.2, 0.25) is 5.82 Å². The number of aryl methyl sites for hydroxylation is 1. The molecule has 4 rings (SSSR count). The summed E-state index contributed by atoms with van der Waals surface area (Å²) in [6.45, 7) is 4.60. The van der Waals surface area contributed by atoms with E-state index in [1.54, 1.807) is 17.5 Å². The molecule has 1 aliphatic rings. The average Bonchev–Trinajstić information content (AvgIpc) is 3.32. The van der Waals surface area contributed by atoms with Gasteiger partial charge in [0.15, 0.2) is 0 Å². The summed E-state index contributed by atoms with van der Waals surface area (Å²) in [6, 6.07) is 3.90. The van der Waals surface area contributed by atoms with Gasteiger partial charge in [0.05, 0.1) is 10.9 Å². The lowest BCUT2D eigenvalue weighted by atomic mass is 10.2. The summed E-state index contributed by atoms with van der Waals surface area (Å²) in [5.41, 5.74) is 1.96. The molecule has 1 N–H and O–H groups in total. The van der Waals surface area contributed by atoms with Crippen LogP contribution in [0.3, 0.4) is 0 Å². The van der Waals surface area contributed by atoms with E-state index in [1.165, 1.54) is 17.7 Å². The summed E-state index contributed by atoms with van der Waals surface area (Å²) in [6.07, 6.45) is 6.63. The van der Waals surface area contributed by atoms with Gasteiger partial charge >= 0.3 is 0 Å². The maximum Gasteiger partial charge on any atom is 0.289 e. The van der Waals surface area contributed by atoms with Gasteiger partial charge in [-0.3, -0.25) is 9.78 Å². The Kier molecular flexibility index (Phi) is 4.79. The van der Waals surface area contributed by atoms with Crippen molar-refractivity contribution in [3.05, 3.63) is 46.2 Å². The van der Waals surface area contributed by atoms with Gasteiger partial charge in [-0.1, -0.05) is 6.07 Å². The van der Waals surface area contributed by atoms with Crippen molar-refractivity contribution in [2.24, 2.45) is 0 Å². The van der Waals surface area contributed by atoms with E-state index in [4.69, 9.17) is 0 Å². The van der Waals surface area contributed by atoms with Crippen molar-refractivity contribution < 1.29 is 4.79 Å². The molecule has 0 aromatic carbocycles. The van der Waals surface area contributed by atoms with Crippen LogP contribution in [0.5, 0.6) is 0 Å². The largest absolute Gasteiger partial charge is 0.356 e. The summed E-state index contributed by atoms with van der Waals surface area (Å²) in [5.74, 6) is 0.937. The smallest absolute Gasteiger partial charge is 0.289 e. The van der Waals surface area contributed by atoms with E-state index in [0.29, 0.717) is 6.54 Å². The highest BCUT2D eigenvalue weighted by atomic mass is 32.1. The van der Waals surface area contributed by atoms with E-state index in [9.17, 15) is 4.79 Å². The van der Waals surface area contributed by atoms with E-state index in [0.717, 1.165) is 41.8 Å². The van der Waals surface area contributed by atoms with E-state index in [-0.39, 0.29) is 11.7 Å². The SMILES string of the molecule is Cc1scc2nc(C(=O)NCCc3cccnc3)nc(N3CCCC3)c12. The first-order valence-electron chi connectivity index (χ1n) is 8.90. The summed E-state index contributed by atoms with van der Waals surface area (Å²) in [4.78, 5) is 29.3. The third-order valence-corrected chi connectivity index (χ3v) is 5.55. The maximum absolute atomic E-state index is 12.6. The van der Waals surface area contributed by atoms with Crippen LogP contribution in [-0.4, -0.2) is 40.5 Å². The molecule has 7 heteroatoms. The second-order valence-electron chi connectivity index (χ2n) is 6.48. The zero-order chi connectivity index (χ0) is 17.9. The predicted molar refractivity (Wildman–Crippen MR) is 104 cm³/mol. The van der Waals surface area contributed by atoms with Crippen LogP contribution in [0.25, 0.3) is 10.9 Å². The molecule has 1 fully saturated rings. The molecule has 6 nitrogen and oxygen atoms in total. The molecule has 0 bridgehead atoms. The topological polar surface area (TPSA) is 71.0 Å². The molecule has 4 heterocycles. The zero-order valence-corrected chi connectivity index (χ0v) is 15.6. The Bertz CT molecular complexity index is 918. The van der Waals surface area contributed by atoms with Crippen LogP contribution in [0.4, 0.5) is 5.82 Å². The van der Waals surface area contributed by atoms with Crippen molar-refractivity contribution >= 4 is 34.0 Å². The van der Waals surface area contributed by atoms with Crippen molar-refractivity contribution in [3.8, 4) is 0 Å². The second-order valence-corrected chi connectivity index (χ2v) is 7.57. The molecule has 1 saturated heterocycles. The number of pyridine rings is 1. The maximum atomic E-state index is 12.6. The minimum absolute atomic E-state index is 0.222. The molecule has 0 radical (unpaired) electrons. The standard InChI is InChI=1S/C19H21N5OS/c1-13-16-15(12-26-13)22-17(23-18(16)24-9-2-3-10-24)19(25)21-8-6-14-5-4-7-20-11-14/h4-5,7,11-12H,2-3,6,8-10H2,1H3,(H,21,25). The molecule has 3 aromatic rings. The van der Waals surface area contributed by atoms with Gasteiger partial charge in [-0.05, 0) is 37.8 Å². The van der Waals surface area contributed by atoms with Crippen LogP contribution in [0.15, 0.2) is 29.9 Å². The Morgan fingerprint density at radius 3 is 2.92 bits per heavy atom. The van der Waals surface area contributed by atoms with Crippen LogP contribution in [-0.2, 0) is 6.42 Å². The van der Waals surface area contributed by atoms with Crippen molar-refractivity contribution in [3.63, 3.8) is 0 Å². The monoisotopic (exact) mass is 367 g/mol. The number of carbonyl (C=O) groups excluding carboxylic acids is 1. The highest BCUT2D eigenvalue weighted by molar-refractivity contribution is 7.11. The normalized spacial score (nSPS) is 14.1. The molecule has 1 aliphatic heterocycles. The fraction of sp³-hybridized carbons (Fsp3) is 0.368. The molecular weight excluding hydrogens is 346 g/mol. The third-order valence-electron chi connectivity index (χ3n) is 4.65. The van der Waals surface area contributed by atoms with Gasteiger partial charge in [-0.15, -0.1) is 11.3 Å². The minimum Gasteiger partial charge on any atom is -0.356 e. The molecular formula is C19H21N5OS. The molecule has 0 unspecified atom stereocenters. The Morgan fingerprint density at radius 1 is 1.31 bits per heavy atom. The van der Waals surface area contributed by atoms with Crippen molar-refractivity contribution in [2.45, 2.75) is 26.2 Å². The Morgan fingerprint density at radius 2 is 2.15 bits per heavy atom. The van der Waals surface area contributed by atoms with Crippen molar-refractivity contribution in [2.75, 3.05) is 24.5 Å². The summed E-state index contributed by atoms with van der Waals surface area (Å²) >= 11 is 1.66. The van der Waals surface area contributed by atoms with Gasteiger partial charge in [0.1, 0.15) is 5.82 Å². The number of hydrogen-bond donors (Lipinski definition) is 1. The molecule has 0 atom stereocenters. The number of fused-ring (bicyclic) bond motifs is 1. The van der Waals surface area contributed by atoms with Crippen molar-refractivity contribution in [1.82, 2.24) is 20.3 Å². The molecule has 134 valence electrons. The van der Waals surface area contributed by atoms with E-state index < -0.39 is 0 Å². The number of aromatic nitrogens is 3. The molecule has 3 aromatic heterocycles. The highest BCUT2D eigenvalue weighted by Gasteiger charge is 2.22. The number of nitrogens with zero attached hydrogens (tertiary/aromatic N) is 4. The van der Waals surface area contributed by atoms with Crippen LogP contribution >= 0.6 is 11.3 Å². The molecule has 1 amide bonds. The van der Waals surface area contributed by atoms with Gasteiger partial charge in [0.25, 0.3) is 5.91 Å². The lowest BCUT2D eigenvalue weighted by Gasteiger charge is -2.18. The van der Waals surface area contributed by atoms with Crippen LogP contribution < -0.4 is 10.2 Å². The number of amides is 1. The van der Waals surface area contributed by atoms with Gasteiger partial charge in [-0.2, -0.15) is 0 Å². The molecule has 26 heavy (non-hydrogen) atoms. The second kappa shape index (κ2) is 7.37. The Hall–Kier alpha value is -2.54. The zero-order valence-electron chi connectivity index (χ0n) is 14.7. The van der Waals surface area contributed by atoms with Gasteiger partial charge in [-0.25, -0.2) is 9.97 Å². The van der Waals surface area contributed by atoms with E-state index in [1.807, 2.05) is 23.7 Å². The number of hydrogen-bond acceptors (Lipinski definition) is 6. The Labute approximate surface area is 156 Å². The number of thiophene rings is 1. The third kappa shape index (κ3) is 3.39. The minimum atomic E-state index is -0.222. The summed E-state index contributed by atoms with van der Waals surface area (Å²) in [7, 11) is 0. The van der Waals surface area contributed by atoms with E-state index in [2.05, 4.69) is 32.1 Å². The number of rotatable bonds is 5. The number of nitrogens with one attached hydrogen (secondary N) is 1. The number of anilines is 1. The lowest BCUT2D eigenvalue weighted by Crippen LogP contribution is -2.29. The Balaban J connectivity index is 1.54. The molecule has 0 saturated carbocycles. The van der Waals surface area contributed by atoms with Crippen LogP contribution in [0.1, 0.15) is 33.9 Å². The van der Waals surface area contributed by atoms with Crippen LogP contribution in [0, 0.1) is 6.92 Å². The van der Waals surface area contributed by atoms with Gasteiger partial charge < -0.3 is 10.2 Å². The first kappa shape index (κ1) is 16.9. The fourth-order valence-corrected chi connectivity index (χ4v) is 4.07. The predicted octanol–water partition coefficient (Wildman–Crippen LogP) is 2.97. The van der Waals surface area contributed by atoms with Crippen LogP contribution in [0.2, 0.25) is 0 Å². The lowest BCUT2D eigenvalue weighted by molar-refractivity contribution is 0.0944. The molecule has 0 aliphatic carbocycles. The van der Waals surface area contributed by atoms with Gasteiger partial charge in [0, 0.05) is 42.3 Å². The first-order valence-corrected chi connectivity index (χ1v) is 9.78. The fourth-order valence-electron chi connectivity index (χ4n) is 3.30. The molecule has 0 spiro atoms.